The third-order valence-corrected chi connectivity index (χ3v) is 4.00. The van der Waals surface area contributed by atoms with Crippen molar-refractivity contribution in [2.75, 3.05) is 5.32 Å². The average Bonchev–Trinajstić information content (AvgIpc) is 3.00. The van der Waals surface area contributed by atoms with Crippen LogP contribution in [0.5, 0.6) is 5.75 Å². The number of hydrogen-bond donors (Lipinski definition) is 1. The van der Waals surface area contributed by atoms with Gasteiger partial charge in [-0.25, -0.2) is 4.39 Å². The molecule has 2 aromatic carbocycles. The molecule has 0 aliphatic rings. The van der Waals surface area contributed by atoms with E-state index in [1.54, 1.807) is 24.3 Å². The van der Waals surface area contributed by atoms with E-state index in [4.69, 9.17) is 4.74 Å². The minimum atomic E-state index is -0.347. The summed E-state index contributed by atoms with van der Waals surface area (Å²) in [4.78, 5) is 12.1. The Labute approximate surface area is 142 Å². The Bertz CT molecular complexity index is 832. The van der Waals surface area contributed by atoms with Crippen LogP contribution < -0.4 is 10.1 Å². The zero-order valence-corrected chi connectivity index (χ0v) is 13.6. The molecule has 0 spiro atoms. The van der Waals surface area contributed by atoms with Gasteiger partial charge in [-0.15, -0.1) is 0 Å². The molecule has 1 amide bonds. The van der Waals surface area contributed by atoms with Gasteiger partial charge in [0.1, 0.15) is 23.9 Å². The maximum Gasteiger partial charge on any atom is 0.255 e. The summed E-state index contributed by atoms with van der Waals surface area (Å²) in [6.07, 6.45) is 0. The summed E-state index contributed by atoms with van der Waals surface area (Å²) < 4.78 is 26.7. The number of carbonyl (C=O) groups excluding carboxylic acids is 1. The monoisotopic (exact) mass is 343 g/mol. The highest BCUT2D eigenvalue weighted by molar-refractivity contribution is 6.99. The average molecular weight is 343 g/mol. The number of hydrogen-bond acceptors (Lipinski definition) is 5. The molecule has 5 nitrogen and oxygen atoms in total. The third-order valence-electron chi connectivity index (χ3n) is 3.34. The highest BCUT2D eigenvalue weighted by Gasteiger charge is 2.08. The van der Waals surface area contributed by atoms with E-state index in [0.29, 0.717) is 23.6 Å². The van der Waals surface area contributed by atoms with E-state index in [1.165, 1.54) is 24.3 Å². The maximum absolute atomic E-state index is 12.9. The molecule has 0 aliphatic heterocycles. The highest BCUT2D eigenvalue weighted by atomic mass is 32.1. The van der Waals surface area contributed by atoms with Crippen molar-refractivity contribution in [2.24, 2.45) is 0 Å². The fraction of sp³-hybridized carbons (Fsp3) is 0.118. The summed E-state index contributed by atoms with van der Waals surface area (Å²) in [6.45, 7) is 2.22. The van der Waals surface area contributed by atoms with Crippen LogP contribution in [0.3, 0.4) is 0 Å². The van der Waals surface area contributed by atoms with Crippen molar-refractivity contribution in [3.05, 3.63) is 71.3 Å². The first kappa shape index (κ1) is 16.1. The quantitative estimate of drug-likeness (QED) is 0.765. The fourth-order valence-electron chi connectivity index (χ4n) is 1.97. The number of carbonyl (C=O) groups is 1. The smallest absolute Gasteiger partial charge is 0.255 e. The minimum Gasteiger partial charge on any atom is -0.487 e. The Morgan fingerprint density at radius 2 is 1.83 bits per heavy atom. The molecule has 3 aromatic rings. The van der Waals surface area contributed by atoms with Crippen molar-refractivity contribution in [3.8, 4) is 5.75 Å². The van der Waals surface area contributed by atoms with Gasteiger partial charge < -0.3 is 10.1 Å². The van der Waals surface area contributed by atoms with E-state index in [0.717, 1.165) is 23.1 Å². The van der Waals surface area contributed by atoms with Gasteiger partial charge in [0.05, 0.1) is 17.4 Å². The number of ether oxygens (including phenoxy) is 1. The molecule has 0 bridgehead atoms. The zero-order valence-electron chi connectivity index (χ0n) is 12.8. The Morgan fingerprint density at radius 3 is 2.46 bits per heavy atom. The van der Waals surface area contributed by atoms with Crippen LogP contribution >= 0.6 is 11.7 Å². The summed E-state index contributed by atoms with van der Waals surface area (Å²) in [5.41, 5.74) is 2.68. The van der Waals surface area contributed by atoms with Gasteiger partial charge in [-0.1, -0.05) is 0 Å². The van der Waals surface area contributed by atoms with Crippen LogP contribution in [0.4, 0.5) is 10.1 Å². The zero-order chi connectivity index (χ0) is 16.9. The number of amides is 1. The van der Waals surface area contributed by atoms with E-state index in [9.17, 15) is 9.18 Å². The van der Waals surface area contributed by atoms with Gasteiger partial charge >= 0.3 is 0 Å². The van der Waals surface area contributed by atoms with E-state index in [-0.39, 0.29) is 11.7 Å². The predicted octanol–water partition coefficient (Wildman–Crippen LogP) is 3.82. The lowest BCUT2D eigenvalue weighted by molar-refractivity contribution is 0.102. The molecule has 0 radical (unpaired) electrons. The fourth-order valence-corrected chi connectivity index (χ4v) is 2.52. The van der Waals surface area contributed by atoms with Crippen molar-refractivity contribution in [2.45, 2.75) is 13.5 Å². The van der Waals surface area contributed by atoms with Gasteiger partial charge in [-0.2, -0.15) is 8.75 Å². The molecule has 122 valence electrons. The summed E-state index contributed by atoms with van der Waals surface area (Å²) in [6, 6.07) is 12.4. The Balaban J connectivity index is 1.60. The van der Waals surface area contributed by atoms with Gasteiger partial charge in [-0.05, 0) is 55.5 Å². The summed E-state index contributed by atoms with van der Waals surface area (Å²) in [5.74, 6) is 0.0217. The van der Waals surface area contributed by atoms with Gasteiger partial charge in [0, 0.05) is 11.3 Å². The van der Waals surface area contributed by atoms with Gasteiger partial charge in [-0.3, -0.25) is 4.79 Å². The molecule has 24 heavy (non-hydrogen) atoms. The SMILES string of the molecule is Cc1nsnc1COc1ccc(C(=O)Nc2ccc(F)cc2)cc1. The van der Waals surface area contributed by atoms with Gasteiger partial charge in [0.15, 0.2) is 0 Å². The molecule has 0 atom stereocenters. The molecule has 0 fully saturated rings. The predicted molar refractivity (Wildman–Crippen MR) is 89.8 cm³/mol. The molecule has 1 heterocycles. The minimum absolute atomic E-state index is 0.271. The lowest BCUT2D eigenvalue weighted by atomic mass is 10.2. The number of halogens is 1. The molecule has 0 unspecified atom stereocenters. The Morgan fingerprint density at radius 1 is 1.12 bits per heavy atom. The molecule has 1 aromatic heterocycles. The number of anilines is 1. The van der Waals surface area contributed by atoms with E-state index >= 15 is 0 Å². The number of rotatable bonds is 5. The molecule has 0 saturated heterocycles. The van der Waals surface area contributed by atoms with Crippen LogP contribution in [0, 0.1) is 12.7 Å². The Kier molecular flexibility index (Phi) is 4.81. The van der Waals surface area contributed by atoms with Crippen LogP contribution in [0.25, 0.3) is 0 Å². The van der Waals surface area contributed by atoms with E-state index < -0.39 is 0 Å². The summed E-state index contributed by atoms with van der Waals surface area (Å²) >= 11 is 1.15. The number of benzene rings is 2. The largest absolute Gasteiger partial charge is 0.487 e. The lowest BCUT2D eigenvalue weighted by Gasteiger charge is -2.07. The van der Waals surface area contributed by atoms with Crippen molar-refractivity contribution < 1.29 is 13.9 Å². The number of aryl methyl sites for hydroxylation is 1. The molecule has 0 aliphatic carbocycles. The van der Waals surface area contributed by atoms with E-state index in [1.807, 2.05) is 6.92 Å². The second-order valence-electron chi connectivity index (χ2n) is 5.07. The molecular weight excluding hydrogens is 329 g/mol. The standard InChI is InChI=1S/C17H14FN3O2S/c1-11-16(21-24-20-11)10-23-15-8-2-12(3-9-15)17(22)19-14-6-4-13(18)5-7-14/h2-9H,10H2,1H3,(H,19,22). The van der Waals surface area contributed by atoms with E-state index in [2.05, 4.69) is 14.1 Å². The second kappa shape index (κ2) is 7.18. The Hall–Kier alpha value is -2.80. The van der Waals surface area contributed by atoms with Crippen LogP contribution in [-0.2, 0) is 6.61 Å². The summed E-state index contributed by atoms with van der Waals surface area (Å²) in [7, 11) is 0. The molecule has 1 N–H and O–H groups in total. The first-order valence-electron chi connectivity index (χ1n) is 7.19. The van der Waals surface area contributed by atoms with Crippen LogP contribution in [0.15, 0.2) is 48.5 Å². The first-order valence-corrected chi connectivity index (χ1v) is 7.92. The van der Waals surface area contributed by atoms with Crippen molar-refractivity contribution in [1.82, 2.24) is 8.75 Å². The second-order valence-corrected chi connectivity index (χ2v) is 5.60. The topological polar surface area (TPSA) is 64.1 Å². The molecule has 7 heteroatoms. The third kappa shape index (κ3) is 3.94. The van der Waals surface area contributed by atoms with Crippen LogP contribution in [0.2, 0.25) is 0 Å². The van der Waals surface area contributed by atoms with Gasteiger partial charge in [0.2, 0.25) is 0 Å². The first-order chi connectivity index (χ1) is 11.6. The number of nitrogens with one attached hydrogen (secondary N) is 1. The lowest BCUT2D eigenvalue weighted by Crippen LogP contribution is -2.11. The molecule has 0 saturated carbocycles. The van der Waals surface area contributed by atoms with Crippen LogP contribution in [-0.4, -0.2) is 14.7 Å². The van der Waals surface area contributed by atoms with Crippen molar-refractivity contribution in [3.63, 3.8) is 0 Å². The van der Waals surface area contributed by atoms with Crippen LogP contribution in [0.1, 0.15) is 21.7 Å². The van der Waals surface area contributed by atoms with Crippen molar-refractivity contribution >= 4 is 23.3 Å². The summed E-state index contributed by atoms with van der Waals surface area (Å²) in [5, 5.41) is 2.70. The number of aromatic nitrogens is 2. The molecular formula is C17H14FN3O2S. The van der Waals surface area contributed by atoms with Crippen molar-refractivity contribution in [1.29, 1.82) is 0 Å². The highest BCUT2D eigenvalue weighted by Crippen LogP contribution is 2.16. The molecule has 3 rings (SSSR count). The maximum atomic E-state index is 12.9. The van der Waals surface area contributed by atoms with Gasteiger partial charge in [0.25, 0.3) is 5.91 Å². The normalized spacial score (nSPS) is 10.4. The number of nitrogens with zero attached hydrogens (tertiary/aromatic N) is 2.